The first kappa shape index (κ1) is 14.9. The molecule has 1 atom stereocenters. The summed E-state index contributed by atoms with van der Waals surface area (Å²) >= 11 is 0.913. The van der Waals surface area contributed by atoms with Gasteiger partial charge >= 0.3 is 5.97 Å². The summed E-state index contributed by atoms with van der Waals surface area (Å²) in [6, 6.07) is -0.326. The first-order chi connectivity index (χ1) is 8.29. The zero-order valence-corrected chi connectivity index (χ0v) is 11.8. The van der Waals surface area contributed by atoms with Crippen LogP contribution >= 0.6 is 11.3 Å². The average Bonchev–Trinajstić information content (AvgIpc) is 2.60. The molecule has 0 bridgehead atoms. The van der Waals surface area contributed by atoms with E-state index < -0.39 is 16.0 Å². The maximum absolute atomic E-state index is 12.1. The number of hydrogen-bond donors (Lipinski definition) is 2. The summed E-state index contributed by atoms with van der Waals surface area (Å²) in [6.45, 7) is 6.80. The summed E-state index contributed by atoms with van der Waals surface area (Å²) in [6.07, 6.45) is 2.08. The Labute approximate surface area is 110 Å². The summed E-state index contributed by atoms with van der Waals surface area (Å²) in [5, 5.41) is 10.5. The zero-order valence-electron chi connectivity index (χ0n) is 10.1. The number of aromatic carboxylic acids is 1. The highest BCUT2D eigenvalue weighted by atomic mass is 32.2. The Balaban J connectivity index is 3.16. The maximum Gasteiger partial charge on any atom is 0.347 e. The monoisotopic (exact) mass is 289 g/mol. The van der Waals surface area contributed by atoms with Crippen molar-refractivity contribution in [1.82, 2.24) is 4.72 Å². The molecule has 5 nitrogen and oxygen atoms in total. The van der Waals surface area contributed by atoms with Crippen molar-refractivity contribution in [3.8, 4) is 0 Å². The van der Waals surface area contributed by atoms with Crippen LogP contribution in [0, 0.1) is 6.92 Å². The summed E-state index contributed by atoms with van der Waals surface area (Å²) in [4.78, 5) is 10.7. The molecule has 0 amide bonds. The standard InChI is InChI=1S/C11H15NO4S2/c1-4-5-8(3)12-18(15,16)10-7(2)6-17-9(10)11(13)14/h4,6,8,12H,1,5H2,2-3H3,(H,13,14). The molecule has 7 heteroatoms. The van der Waals surface area contributed by atoms with E-state index in [1.807, 2.05) is 0 Å². The van der Waals surface area contributed by atoms with Gasteiger partial charge in [0, 0.05) is 6.04 Å². The van der Waals surface area contributed by atoms with E-state index >= 15 is 0 Å². The summed E-state index contributed by atoms with van der Waals surface area (Å²) in [5.74, 6) is -1.23. The lowest BCUT2D eigenvalue weighted by atomic mass is 10.3. The Kier molecular flexibility index (Phi) is 4.66. The van der Waals surface area contributed by atoms with Crippen LogP contribution in [0.1, 0.15) is 28.6 Å². The second-order valence-electron chi connectivity index (χ2n) is 3.93. The lowest BCUT2D eigenvalue weighted by molar-refractivity contribution is 0.0698. The first-order valence-electron chi connectivity index (χ1n) is 5.24. The molecule has 0 aliphatic carbocycles. The van der Waals surface area contributed by atoms with Crippen LogP contribution in [0.25, 0.3) is 0 Å². The van der Waals surface area contributed by atoms with Crippen molar-refractivity contribution in [2.24, 2.45) is 0 Å². The van der Waals surface area contributed by atoms with Crippen molar-refractivity contribution >= 4 is 27.3 Å². The number of thiophene rings is 1. The number of sulfonamides is 1. The highest BCUT2D eigenvalue weighted by Crippen LogP contribution is 2.27. The highest BCUT2D eigenvalue weighted by Gasteiger charge is 2.27. The van der Waals surface area contributed by atoms with E-state index in [9.17, 15) is 13.2 Å². The van der Waals surface area contributed by atoms with Crippen LogP contribution in [0.2, 0.25) is 0 Å². The van der Waals surface area contributed by atoms with Crippen LogP contribution in [-0.2, 0) is 10.0 Å². The average molecular weight is 289 g/mol. The number of carbonyl (C=O) groups is 1. The van der Waals surface area contributed by atoms with Crippen LogP contribution in [-0.4, -0.2) is 25.5 Å². The lowest BCUT2D eigenvalue weighted by Gasteiger charge is -2.12. The van der Waals surface area contributed by atoms with Gasteiger partial charge in [-0.3, -0.25) is 0 Å². The molecule has 0 spiro atoms. The van der Waals surface area contributed by atoms with Gasteiger partial charge in [0.2, 0.25) is 10.0 Å². The normalized spacial score (nSPS) is 13.2. The zero-order chi connectivity index (χ0) is 13.9. The Morgan fingerprint density at radius 3 is 2.78 bits per heavy atom. The van der Waals surface area contributed by atoms with E-state index in [4.69, 9.17) is 5.11 Å². The molecule has 100 valence electrons. The highest BCUT2D eigenvalue weighted by molar-refractivity contribution is 7.89. The Bertz CT molecular complexity index is 560. The maximum atomic E-state index is 12.1. The van der Waals surface area contributed by atoms with Gasteiger partial charge in [0.25, 0.3) is 0 Å². The minimum absolute atomic E-state index is 0.143. The van der Waals surface area contributed by atoms with Crippen molar-refractivity contribution in [3.63, 3.8) is 0 Å². The SMILES string of the molecule is C=CCC(C)NS(=O)(=O)c1c(C)csc1C(=O)O. The number of nitrogens with one attached hydrogen (secondary N) is 1. The van der Waals surface area contributed by atoms with Gasteiger partial charge < -0.3 is 5.11 Å². The third-order valence-corrected chi connectivity index (χ3v) is 5.25. The van der Waals surface area contributed by atoms with Gasteiger partial charge in [-0.05, 0) is 31.2 Å². The molecule has 0 aliphatic rings. The predicted octanol–water partition coefficient (Wildman–Crippen LogP) is 2.00. The fourth-order valence-electron chi connectivity index (χ4n) is 1.54. The molecule has 0 fully saturated rings. The van der Waals surface area contributed by atoms with Crippen molar-refractivity contribution in [2.45, 2.75) is 31.2 Å². The van der Waals surface area contributed by atoms with Crippen molar-refractivity contribution in [3.05, 3.63) is 28.5 Å². The van der Waals surface area contributed by atoms with Crippen molar-refractivity contribution in [2.75, 3.05) is 0 Å². The number of rotatable bonds is 6. The largest absolute Gasteiger partial charge is 0.477 e. The van der Waals surface area contributed by atoms with E-state index in [2.05, 4.69) is 11.3 Å². The topological polar surface area (TPSA) is 83.5 Å². The van der Waals surface area contributed by atoms with Gasteiger partial charge in [-0.15, -0.1) is 17.9 Å². The minimum atomic E-state index is -3.81. The van der Waals surface area contributed by atoms with Crippen LogP contribution in [0.4, 0.5) is 0 Å². The molecule has 18 heavy (non-hydrogen) atoms. The molecule has 0 saturated heterocycles. The second kappa shape index (κ2) is 5.64. The van der Waals surface area contributed by atoms with Gasteiger partial charge in [-0.2, -0.15) is 0 Å². The summed E-state index contributed by atoms with van der Waals surface area (Å²) in [7, 11) is -3.81. The summed E-state index contributed by atoms with van der Waals surface area (Å²) < 4.78 is 26.7. The molecule has 0 aliphatic heterocycles. The molecule has 2 N–H and O–H groups in total. The van der Waals surface area contributed by atoms with Gasteiger partial charge in [0.1, 0.15) is 9.77 Å². The van der Waals surface area contributed by atoms with E-state index in [-0.39, 0.29) is 15.8 Å². The molecule has 1 rings (SSSR count). The van der Waals surface area contributed by atoms with Crippen LogP contribution in [0.5, 0.6) is 0 Å². The third-order valence-electron chi connectivity index (χ3n) is 2.26. The molecular weight excluding hydrogens is 274 g/mol. The van der Waals surface area contributed by atoms with Gasteiger partial charge in [-0.1, -0.05) is 6.08 Å². The fourth-order valence-corrected chi connectivity index (χ4v) is 4.42. The van der Waals surface area contributed by atoms with Crippen LogP contribution < -0.4 is 4.72 Å². The fraction of sp³-hybridized carbons (Fsp3) is 0.364. The molecule has 1 unspecified atom stereocenters. The van der Waals surface area contributed by atoms with Gasteiger partial charge in [0.05, 0.1) is 0 Å². The number of carboxylic acids is 1. The first-order valence-corrected chi connectivity index (χ1v) is 7.60. The second-order valence-corrected chi connectivity index (χ2v) is 6.46. The van der Waals surface area contributed by atoms with E-state index in [0.717, 1.165) is 11.3 Å². The summed E-state index contributed by atoms with van der Waals surface area (Å²) in [5.41, 5.74) is 0.440. The van der Waals surface area contributed by atoms with Gasteiger partial charge in [-0.25, -0.2) is 17.9 Å². The molecule has 0 aromatic carbocycles. The molecule has 0 radical (unpaired) electrons. The lowest BCUT2D eigenvalue weighted by Crippen LogP contribution is -2.33. The van der Waals surface area contributed by atoms with Crippen LogP contribution in [0.3, 0.4) is 0 Å². The third kappa shape index (κ3) is 3.18. The van der Waals surface area contributed by atoms with Crippen molar-refractivity contribution in [1.29, 1.82) is 0 Å². The smallest absolute Gasteiger partial charge is 0.347 e. The Hall–Kier alpha value is -1.18. The Morgan fingerprint density at radius 2 is 2.28 bits per heavy atom. The van der Waals surface area contributed by atoms with E-state index in [0.29, 0.717) is 12.0 Å². The minimum Gasteiger partial charge on any atom is -0.477 e. The molecular formula is C11H15NO4S2. The van der Waals surface area contributed by atoms with E-state index in [1.54, 1.807) is 19.9 Å². The van der Waals surface area contributed by atoms with Crippen LogP contribution in [0.15, 0.2) is 22.9 Å². The number of aryl methyl sites for hydroxylation is 1. The molecule has 1 aromatic heterocycles. The number of carboxylic acid groups (broad SMARTS) is 1. The van der Waals surface area contributed by atoms with Gasteiger partial charge in [0.15, 0.2) is 0 Å². The molecule has 1 heterocycles. The molecule has 1 aromatic rings. The quantitative estimate of drug-likeness (QED) is 0.785. The number of hydrogen-bond acceptors (Lipinski definition) is 4. The predicted molar refractivity (Wildman–Crippen MR) is 70.6 cm³/mol. The molecule has 0 saturated carbocycles. The Morgan fingerprint density at radius 1 is 1.67 bits per heavy atom. The van der Waals surface area contributed by atoms with Crippen molar-refractivity contribution < 1.29 is 18.3 Å². The van der Waals surface area contributed by atoms with E-state index in [1.165, 1.54) is 5.38 Å².